The Balaban J connectivity index is 2.60. The number of aromatic amines is 1. The van der Waals surface area contributed by atoms with Crippen LogP contribution < -0.4 is 11.2 Å². The van der Waals surface area contributed by atoms with Crippen LogP contribution >= 0.6 is 0 Å². The average Bonchev–Trinajstić information content (AvgIpc) is 2.61. The summed E-state index contributed by atoms with van der Waals surface area (Å²) >= 11 is 0. The fourth-order valence-electron chi connectivity index (χ4n) is 2.48. The topological polar surface area (TPSA) is 95.3 Å². The first-order valence-electron chi connectivity index (χ1n) is 9.16. The van der Waals surface area contributed by atoms with Gasteiger partial charge in [0.2, 0.25) is 0 Å². The van der Waals surface area contributed by atoms with Crippen molar-refractivity contribution in [2.45, 2.75) is 64.8 Å². The minimum Gasteiger partial charge on any atom is -0.396 e. The molecule has 0 atom stereocenters. The Kier molecular flexibility index (Phi) is 10.6. The van der Waals surface area contributed by atoms with Gasteiger partial charge >= 0.3 is 5.69 Å². The van der Waals surface area contributed by atoms with E-state index in [1.165, 1.54) is 36.4 Å². The van der Waals surface area contributed by atoms with Crippen LogP contribution in [0.5, 0.6) is 0 Å². The van der Waals surface area contributed by atoms with Crippen LogP contribution in [0.1, 0.15) is 63.9 Å². The second-order valence-electron chi connectivity index (χ2n) is 6.33. The number of aliphatic hydroxyl groups is 2. The molecule has 0 amide bonds. The van der Waals surface area contributed by atoms with E-state index in [0.29, 0.717) is 13.0 Å². The van der Waals surface area contributed by atoms with Crippen LogP contribution in [0.25, 0.3) is 0 Å². The lowest BCUT2D eigenvalue weighted by Crippen LogP contribution is -2.32. The van der Waals surface area contributed by atoms with E-state index >= 15 is 0 Å². The van der Waals surface area contributed by atoms with Gasteiger partial charge in [-0.2, -0.15) is 0 Å². The standard InChI is InChI=1S/C19H30N2O4/c1-2-3-4-5-6-7-8-9-10-17-13-21(19(25)20-18(17)24)12-11-16(14-22)15-23/h13,16,22-23H,2-8,11-12,14-15H2,1H3,(H,20,24,25). The van der Waals surface area contributed by atoms with Crippen molar-refractivity contribution in [1.82, 2.24) is 9.55 Å². The number of unbranched alkanes of at least 4 members (excludes halogenated alkanes) is 6. The highest BCUT2D eigenvalue weighted by atomic mass is 16.3. The maximum Gasteiger partial charge on any atom is 0.328 e. The molecule has 1 rings (SSSR count). The summed E-state index contributed by atoms with van der Waals surface area (Å²) in [4.78, 5) is 25.9. The average molecular weight is 350 g/mol. The minimum atomic E-state index is -0.499. The van der Waals surface area contributed by atoms with Crippen molar-refractivity contribution < 1.29 is 10.2 Å². The van der Waals surface area contributed by atoms with Crippen molar-refractivity contribution in [3.8, 4) is 11.8 Å². The molecular formula is C19H30N2O4. The van der Waals surface area contributed by atoms with Crippen molar-refractivity contribution in [1.29, 1.82) is 0 Å². The predicted molar refractivity (Wildman–Crippen MR) is 98.5 cm³/mol. The summed E-state index contributed by atoms with van der Waals surface area (Å²) in [5.74, 6) is 5.57. The number of aromatic nitrogens is 2. The highest BCUT2D eigenvalue weighted by Crippen LogP contribution is 2.06. The molecule has 140 valence electrons. The molecule has 0 aliphatic heterocycles. The van der Waals surface area contributed by atoms with Crippen LogP contribution in [0.4, 0.5) is 0 Å². The smallest absolute Gasteiger partial charge is 0.328 e. The maximum absolute atomic E-state index is 11.8. The first kappa shape index (κ1) is 21.2. The van der Waals surface area contributed by atoms with Gasteiger partial charge in [0, 0.05) is 38.3 Å². The largest absolute Gasteiger partial charge is 0.396 e. The molecule has 6 heteroatoms. The molecule has 0 unspecified atom stereocenters. The summed E-state index contributed by atoms with van der Waals surface area (Å²) in [6.45, 7) is 2.22. The van der Waals surface area contributed by atoms with Gasteiger partial charge in [0.15, 0.2) is 0 Å². The summed E-state index contributed by atoms with van der Waals surface area (Å²) in [5.41, 5.74) is -0.700. The molecule has 25 heavy (non-hydrogen) atoms. The molecule has 0 fully saturated rings. The molecule has 0 saturated heterocycles. The monoisotopic (exact) mass is 350 g/mol. The fraction of sp³-hybridized carbons (Fsp3) is 0.684. The molecule has 0 bridgehead atoms. The van der Waals surface area contributed by atoms with Crippen molar-refractivity contribution in [2.24, 2.45) is 5.92 Å². The fourth-order valence-corrected chi connectivity index (χ4v) is 2.48. The molecule has 0 saturated carbocycles. The van der Waals surface area contributed by atoms with E-state index in [0.717, 1.165) is 19.3 Å². The van der Waals surface area contributed by atoms with Gasteiger partial charge in [-0.25, -0.2) is 4.79 Å². The molecule has 6 nitrogen and oxygen atoms in total. The highest BCUT2D eigenvalue weighted by Gasteiger charge is 2.08. The van der Waals surface area contributed by atoms with E-state index in [1.807, 2.05) is 0 Å². The Bertz CT molecular complexity index is 662. The van der Waals surface area contributed by atoms with Crippen LogP contribution in [-0.2, 0) is 6.54 Å². The van der Waals surface area contributed by atoms with Crippen LogP contribution in [0.15, 0.2) is 15.8 Å². The number of H-pyrrole nitrogens is 1. The zero-order chi connectivity index (χ0) is 18.5. The lowest BCUT2D eigenvalue weighted by molar-refractivity contribution is 0.140. The summed E-state index contributed by atoms with van der Waals surface area (Å²) in [6.07, 6.45) is 9.80. The van der Waals surface area contributed by atoms with Gasteiger partial charge in [0.1, 0.15) is 5.56 Å². The minimum absolute atomic E-state index is 0.139. The van der Waals surface area contributed by atoms with Gasteiger partial charge in [-0.1, -0.05) is 50.9 Å². The number of rotatable bonds is 11. The van der Waals surface area contributed by atoms with Crippen LogP contribution in [0.3, 0.4) is 0 Å². The molecular weight excluding hydrogens is 320 g/mol. The SMILES string of the molecule is CCCCCCCCC#Cc1cn(CCC(CO)CO)c(=O)[nH]c1=O. The van der Waals surface area contributed by atoms with Crippen molar-refractivity contribution >= 4 is 0 Å². The second-order valence-corrected chi connectivity index (χ2v) is 6.33. The summed E-state index contributed by atoms with van der Waals surface area (Å²) < 4.78 is 1.37. The van der Waals surface area contributed by atoms with Crippen LogP contribution in [0, 0.1) is 17.8 Å². The summed E-state index contributed by atoms with van der Waals surface area (Å²) in [7, 11) is 0. The van der Waals surface area contributed by atoms with Crippen LogP contribution in [0.2, 0.25) is 0 Å². The Labute approximate surface area is 148 Å². The van der Waals surface area contributed by atoms with Crippen molar-refractivity contribution in [3.63, 3.8) is 0 Å². The molecule has 3 N–H and O–H groups in total. The second kappa shape index (κ2) is 12.5. The molecule has 0 aliphatic carbocycles. The Morgan fingerprint density at radius 3 is 2.48 bits per heavy atom. The van der Waals surface area contributed by atoms with Gasteiger partial charge in [-0.3, -0.25) is 14.3 Å². The van der Waals surface area contributed by atoms with Crippen molar-refractivity contribution in [3.05, 3.63) is 32.6 Å². The van der Waals surface area contributed by atoms with E-state index in [4.69, 9.17) is 10.2 Å². The first-order chi connectivity index (χ1) is 12.1. The molecule has 0 spiro atoms. The van der Waals surface area contributed by atoms with E-state index in [1.54, 1.807) is 0 Å². The Morgan fingerprint density at radius 1 is 1.12 bits per heavy atom. The van der Waals surface area contributed by atoms with Gasteiger partial charge in [0.25, 0.3) is 5.56 Å². The number of aliphatic hydroxyl groups excluding tert-OH is 2. The number of aryl methyl sites for hydroxylation is 1. The lowest BCUT2D eigenvalue weighted by Gasteiger charge is -2.11. The number of nitrogens with zero attached hydrogens (tertiary/aromatic N) is 1. The van der Waals surface area contributed by atoms with Crippen molar-refractivity contribution in [2.75, 3.05) is 13.2 Å². The third-order valence-electron chi connectivity index (χ3n) is 4.18. The lowest BCUT2D eigenvalue weighted by atomic mass is 10.1. The first-order valence-corrected chi connectivity index (χ1v) is 9.16. The maximum atomic E-state index is 11.8. The number of nitrogens with one attached hydrogen (secondary N) is 1. The van der Waals surface area contributed by atoms with Crippen LogP contribution in [-0.4, -0.2) is 33.0 Å². The number of hydrogen-bond acceptors (Lipinski definition) is 4. The molecule has 1 heterocycles. The molecule has 0 aliphatic rings. The highest BCUT2D eigenvalue weighted by molar-refractivity contribution is 5.29. The zero-order valence-electron chi connectivity index (χ0n) is 15.1. The molecule has 1 aromatic heterocycles. The van der Waals surface area contributed by atoms with E-state index in [9.17, 15) is 9.59 Å². The van der Waals surface area contributed by atoms with E-state index in [-0.39, 0.29) is 24.7 Å². The van der Waals surface area contributed by atoms with Gasteiger partial charge < -0.3 is 10.2 Å². The van der Waals surface area contributed by atoms with Gasteiger partial charge in [-0.05, 0) is 12.8 Å². The summed E-state index contributed by atoms with van der Waals surface area (Å²) in [6, 6.07) is 0. The van der Waals surface area contributed by atoms with E-state index in [2.05, 4.69) is 23.7 Å². The molecule has 0 radical (unpaired) electrons. The molecule has 0 aromatic carbocycles. The van der Waals surface area contributed by atoms with Gasteiger partial charge in [0.05, 0.1) is 0 Å². The number of hydrogen-bond donors (Lipinski definition) is 3. The van der Waals surface area contributed by atoms with Gasteiger partial charge in [-0.15, -0.1) is 0 Å². The third-order valence-corrected chi connectivity index (χ3v) is 4.18. The predicted octanol–water partition coefficient (Wildman–Crippen LogP) is 1.63. The quantitative estimate of drug-likeness (QED) is 0.417. The van der Waals surface area contributed by atoms with E-state index < -0.39 is 11.2 Å². The Hall–Kier alpha value is -1.84. The normalized spacial score (nSPS) is 10.7. The molecule has 1 aromatic rings. The Morgan fingerprint density at radius 2 is 1.80 bits per heavy atom. The zero-order valence-corrected chi connectivity index (χ0v) is 15.1. The third kappa shape index (κ3) is 8.19. The summed E-state index contributed by atoms with van der Waals surface area (Å²) in [5, 5.41) is 18.2.